The van der Waals surface area contributed by atoms with E-state index in [0.717, 1.165) is 12.8 Å². The first-order chi connectivity index (χ1) is 9.77. The highest BCUT2D eigenvalue weighted by molar-refractivity contribution is 5.69. The normalized spacial score (nSPS) is 32.5. The predicted molar refractivity (Wildman–Crippen MR) is 83.0 cm³/mol. The van der Waals surface area contributed by atoms with Crippen LogP contribution in [0.2, 0.25) is 0 Å². The Bertz CT molecular complexity index is 449. The summed E-state index contributed by atoms with van der Waals surface area (Å²) in [5, 5.41) is 10.8. The van der Waals surface area contributed by atoms with Gasteiger partial charge in [0.25, 0.3) is 0 Å². The van der Waals surface area contributed by atoms with Gasteiger partial charge >= 0.3 is 6.09 Å². The molecule has 0 aromatic rings. The first-order valence-corrected chi connectivity index (χ1v) is 7.85. The Balaban J connectivity index is 2.17. The second kappa shape index (κ2) is 5.84. The van der Waals surface area contributed by atoms with Crippen LogP contribution in [0.25, 0.3) is 0 Å². The maximum atomic E-state index is 12.4. The highest BCUT2D eigenvalue weighted by atomic mass is 16.6. The Morgan fingerprint density at radius 3 is 2.76 bits per heavy atom. The number of aliphatic hydroxyl groups is 1. The van der Waals surface area contributed by atoms with E-state index in [9.17, 15) is 9.90 Å². The second-order valence-corrected chi connectivity index (χ2v) is 7.00. The van der Waals surface area contributed by atoms with Crippen molar-refractivity contribution >= 4 is 6.09 Å². The summed E-state index contributed by atoms with van der Waals surface area (Å²) in [7, 11) is 0. The molecule has 3 atom stereocenters. The van der Waals surface area contributed by atoms with Gasteiger partial charge in [-0.25, -0.2) is 4.79 Å². The number of likely N-dealkylation sites (tertiary alicyclic amines) is 1. The molecule has 3 unspecified atom stereocenters. The number of ether oxygens (including phenoxy) is 1. The van der Waals surface area contributed by atoms with Crippen LogP contribution >= 0.6 is 0 Å². The van der Waals surface area contributed by atoms with Gasteiger partial charge in [-0.05, 0) is 40.0 Å². The lowest BCUT2D eigenvalue weighted by atomic mass is 9.76. The van der Waals surface area contributed by atoms with Gasteiger partial charge in [-0.15, -0.1) is 0 Å². The van der Waals surface area contributed by atoms with E-state index in [-0.39, 0.29) is 18.1 Å². The fourth-order valence-electron chi connectivity index (χ4n) is 3.21. The molecule has 0 saturated carbocycles. The van der Waals surface area contributed by atoms with E-state index in [0.29, 0.717) is 13.0 Å². The third-order valence-corrected chi connectivity index (χ3v) is 4.30. The molecule has 1 N–H and O–H groups in total. The van der Waals surface area contributed by atoms with Gasteiger partial charge in [0.2, 0.25) is 0 Å². The van der Waals surface area contributed by atoms with Gasteiger partial charge in [0.05, 0.1) is 5.60 Å². The van der Waals surface area contributed by atoms with Crippen molar-refractivity contribution < 1.29 is 14.6 Å². The standard InChI is InChI=1S/C17H27NO3/c1-5-17(20)11-7-6-9-13(17)14-10-8-12-18(14)15(19)21-16(2,3)4/h6-7,9,11,13-14,20H,5,8,10,12H2,1-4H3. The van der Waals surface area contributed by atoms with Crippen LogP contribution in [-0.2, 0) is 4.74 Å². The SMILES string of the molecule is CCC1(O)C=CC=CC1C1CCCN1C(=O)OC(C)(C)C. The average molecular weight is 293 g/mol. The van der Waals surface area contributed by atoms with Crippen LogP contribution in [0.5, 0.6) is 0 Å². The first-order valence-electron chi connectivity index (χ1n) is 7.85. The minimum Gasteiger partial charge on any atom is -0.444 e. The van der Waals surface area contributed by atoms with Gasteiger partial charge in [-0.2, -0.15) is 0 Å². The monoisotopic (exact) mass is 293 g/mol. The van der Waals surface area contributed by atoms with Crippen molar-refractivity contribution in [3.8, 4) is 0 Å². The summed E-state index contributed by atoms with van der Waals surface area (Å²) < 4.78 is 5.51. The maximum Gasteiger partial charge on any atom is 0.410 e. The van der Waals surface area contributed by atoms with Crippen LogP contribution < -0.4 is 0 Å². The van der Waals surface area contributed by atoms with Crippen molar-refractivity contribution in [2.75, 3.05) is 6.54 Å². The smallest absolute Gasteiger partial charge is 0.410 e. The summed E-state index contributed by atoms with van der Waals surface area (Å²) in [4.78, 5) is 14.2. The molecule has 1 aliphatic heterocycles. The number of rotatable bonds is 2. The lowest BCUT2D eigenvalue weighted by molar-refractivity contribution is -0.0103. The lowest BCUT2D eigenvalue weighted by Crippen LogP contribution is -2.50. The largest absolute Gasteiger partial charge is 0.444 e. The van der Waals surface area contributed by atoms with Crippen LogP contribution in [-0.4, -0.2) is 39.9 Å². The van der Waals surface area contributed by atoms with E-state index in [1.807, 2.05) is 52.0 Å². The van der Waals surface area contributed by atoms with Crippen molar-refractivity contribution in [1.29, 1.82) is 0 Å². The molecule has 1 amide bonds. The number of allylic oxidation sites excluding steroid dienone is 2. The Hall–Kier alpha value is -1.29. The van der Waals surface area contributed by atoms with Crippen LogP contribution in [0.1, 0.15) is 47.0 Å². The summed E-state index contributed by atoms with van der Waals surface area (Å²) in [6.07, 6.45) is 9.94. The van der Waals surface area contributed by atoms with Gasteiger partial charge in [0.1, 0.15) is 5.60 Å². The highest BCUT2D eigenvalue weighted by Gasteiger charge is 2.44. The van der Waals surface area contributed by atoms with Crippen LogP contribution in [0.3, 0.4) is 0 Å². The van der Waals surface area contributed by atoms with Crippen LogP contribution in [0, 0.1) is 5.92 Å². The number of carbonyl (C=O) groups is 1. The molecule has 2 rings (SSSR count). The molecule has 0 radical (unpaired) electrons. The summed E-state index contributed by atoms with van der Waals surface area (Å²) in [6, 6.07) is 0.00556. The number of carbonyl (C=O) groups excluding carboxylic acids is 1. The second-order valence-electron chi connectivity index (χ2n) is 7.00. The van der Waals surface area contributed by atoms with E-state index < -0.39 is 11.2 Å². The summed E-state index contributed by atoms with van der Waals surface area (Å²) in [5.41, 5.74) is -1.36. The number of hydrogen-bond acceptors (Lipinski definition) is 3. The third-order valence-electron chi connectivity index (χ3n) is 4.30. The van der Waals surface area contributed by atoms with Gasteiger partial charge in [0, 0.05) is 18.5 Å². The van der Waals surface area contributed by atoms with Crippen molar-refractivity contribution in [3.05, 3.63) is 24.3 Å². The molecule has 0 bridgehead atoms. The Kier molecular flexibility index (Phi) is 4.47. The van der Waals surface area contributed by atoms with Crippen molar-refractivity contribution in [3.63, 3.8) is 0 Å². The molecule has 1 heterocycles. The van der Waals surface area contributed by atoms with E-state index in [4.69, 9.17) is 4.74 Å². The zero-order valence-corrected chi connectivity index (χ0v) is 13.5. The molecular weight excluding hydrogens is 266 g/mol. The van der Waals surface area contributed by atoms with Crippen molar-refractivity contribution in [1.82, 2.24) is 4.90 Å². The molecule has 2 aliphatic rings. The molecule has 1 saturated heterocycles. The van der Waals surface area contributed by atoms with E-state index in [2.05, 4.69) is 0 Å². The Labute approximate surface area is 127 Å². The number of hydrogen-bond donors (Lipinski definition) is 1. The highest BCUT2D eigenvalue weighted by Crippen LogP contribution is 2.37. The number of amides is 1. The summed E-state index contributed by atoms with van der Waals surface area (Å²) >= 11 is 0. The van der Waals surface area contributed by atoms with Crippen LogP contribution in [0.4, 0.5) is 4.79 Å². The topological polar surface area (TPSA) is 49.8 Å². The quantitative estimate of drug-likeness (QED) is 0.850. The fourth-order valence-corrected chi connectivity index (χ4v) is 3.21. The van der Waals surface area contributed by atoms with Gasteiger partial charge in [-0.1, -0.05) is 31.2 Å². The summed E-state index contributed by atoms with van der Waals surface area (Å²) in [6.45, 7) is 8.31. The zero-order chi connectivity index (χ0) is 15.7. The maximum absolute atomic E-state index is 12.4. The molecule has 21 heavy (non-hydrogen) atoms. The Morgan fingerprint density at radius 1 is 1.43 bits per heavy atom. The van der Waals surface area contributed by atoms with Gasteiger partial charge < -0.3 is 14.7 Å². The van der Waals surface area contributed by atoms with Gasteiger partial charge in [-0.3, -0.25) is 0 Å². The molecular formula is C17H27NO3. The summed E-state index contributed by atoms with van der Waals surface area (Å²) in [5.74, 6) is -0.0671. The zero-order valence-electron chi connectivity index (χ0n) is 13.5. The molecule has 0 spiro atoms. The van der Waals surface area contributed by atoms with Crippen molar-refractivity contribution in [2.45, 2.75) is 64.2 Å². The molecule has 0 aromatic carbocycles. The lowest BCUT2D eigenvalue weighted by Gasteiger charge is -2.40. The van der Waals surface area contributed by atoms with E-state index in [1.54, 1.807) is 4.90 Å². The van der Waals surface area contributed by atoms with E-state index >= 15 is 0 Å². The molecule has 0 aromatic heterocycles. The van der Waals surface area contributed by atoms with Crippen molar-refractivity contribution in [2.24, 2.45) is 5.92 Å². The van der Waals surface area contributed by atoms with E-state index in [1.165, 1.54) is 0 Å². The Morgan fingerprint density at radius 2 is 2.14 bits per heavy atom. The predicted octanol–water partition coefficient (Wildman–Crippen LogP) is 3.27. The average Bonchev–Trinajstić information content (AvgIpc) is 2.86. The van der Waals surface area contributed by atoms with Gasteiger partial charge in [0.15, 0.2) is 0 Å². The number of nitrogens with zero attached hydrogens (tertiary/aromatic N) is 1. The molecule has 4 heteroatoms. The molecule has 4 nitrogen and oxygen atoms in total. The fraction of sp³-hybridized carbons (Fsp3) is 0.706. The minimum atomic E-state index is -0.871. The molecule has 118 valence electrons. The molecule has 1 aliphatic carbocycles. The third kappa shape index (κ3) is 3.49. The first kappa shape index (κ1) is 16.1. The van der Waals surface area contributed by atoms with Crippen LogP contribution in [0.15, 0.2) is 24.3 Å². The molecule has 1 fully saturated rings. The minimum absolute atomic E-state index is 0.00556.